The fourth-order valence-electron chi connectivity index (χ4n) is 3.09. The normalized spacial score (nSPS) is 12.3. The highest BCUT2D eigenvalue weighted by Crippen LogP contribution is 2.31. The lowest BCUT2D eigenvalue weighted by Crippen LogP contribution is -2.32. The monoisotopic (exact) mass is 636 g/mol. The average molecular weight is 636 g/mol. The molecule has 0 aliphatic heterocycles. The maximum atomic E-state index is 12.3. The third-order valence-electron chi connectivity index (χ3n) is 4.94. The molecule has 1 N–H and O–H groups in total. The lowest BCUT2D eigenvalue weighted by atomic mass is 10.1. The van der Waals surface area contributed by atoms with Crippen LogP contribution in [0.15, 0.2) is 60.2 Å². The molecule has 0 heterocycles. The highest BCUT2D eigenvalue weighted by atomic mass is 127. The van der Waals surface area contributed by atoms with Crippen LogP contribution in [0.5, 0.6) is 5.75 Å². The summed E-state index contributed by atoms with van der Waals surface area (Å²) >= 11 is 4.46. The Morgan fingerprint density at radius 2 is 1.84 bits per heavy atom. The molecule has 0 fully saturated rings. The Labute approximate surface area is 210 Å². The minimum absolute atomic E-state index is 0.0226. The Hall–Kier alpha value is -2.12. The zero-order chi connectivity index (χ0) is 22.4. The fraction of sp³-hybridized carbons (Fsp3) is 0.200. The number of benzene rings is 3. The van der Waals surface area contributed by atoms with Gasteiger partial charge in [0, 0.05) is 6.04 Å². The molecule has 4 nitrogen and oxygen atoms in total. The number of amides is 1. The zero-order valence-corrected chi connectivity index (χ0v) is 21.6. The molecule has 1 amide bonds. The number of carbonyl (C=O) groups excluding carboxylic acids is 1. The van der Waals surface area contributed by atoms with Gasteiger partial charge in [0.25, 0.3) is 5.91 Å². The van der Waals surface area contributed by atoms with E-state index in [-0.39, 0.29) is 17.5 Å². The van der Waals surface area contributed by atoms with Crippen LogP contribution in [0.25, 0.3) is 16.8 Å². The van der Waals surface area contributed by atoms with Crippen LogP contribution in [0.2, 0.25) is 0 Å². The molecule has 31 heavy (non-hydrogen) atoms. The standard InChI is InChI=1S/C25H22I2N2O2/c1-3-16(2)29-25(30)20(14-28)11-17-12-22(26)24(23(27)13-17)31-15-19-9-6-8-18-7-4-5-10-21(18)19/h4-13,16H,3,15H2,1-2H3,(H,29,30)/b20-11+/t16-/m1/s1. The van der Waals surface area contributed by atoms with Gasteiger partial charge in [-0.25, -0.2) is 0 Å². The molecule has 0 aliphatic carbocycles. The second kappa shape index (κ2) is 11.0. The van der Waals surface area contributed by atoms with Gasteiger partial charge in [0.15, 0.2) is 0 Å². The summed E-state index contributed by atoms with van der Waals surface area (Å²) in [6.45, 7) is 4.37. The van der Waals surface area contributed by atoms with Crippen LogP contribution >= 0.6 is 45.2 Å². The van der Waals surface area contributed by atoms with E-state index in [1.807, 2.05) is 50.2 Å². The Bertz CT molecular complexity index is 1150. The van der Waals surface area contributed by atoms with Gasteiger partial charge in [-0.3, -0.25) is 4.79 Å². The van der Waals surface area contributed by atoms with E-state index in [9.17, 15) is 10.1 Å². The zero-order valence-electron chi connectivity index (χ0n) is 17.3. The van der Waals surface area contributed by atoms with E-state index in [1.165, 1.54) is 10.8 Å². The first-order chi connectivity index (χ1) is 14.9. The lowest BCUT2D eigenvalue weighted by molar-refractivity contribution is -0.117. The van der Waals surface area contributed by atoms with E-state index in [0.717, 1.165) is 30.4 Å². The number of halogens is 2. The lowest BCUT2D eigenvalue weighted by Gasteiger charge is -2.13. The van der Waals surface area contributed by atoms with Gasteiger partial charge in [-0.15, -0.1) is 0 Å². The molecule has 3 rings (SSSR count). The van der Waals surface area contributed by atoms with E-state index < -0.39 is 0 Å². The maximum absolute atomic E-state index is 12.3. The number of nitrogens with zero attached hydrogens (tertiary/aromatic N) is 1. The van der Waals surface area contributed by atoms with E-state index in [1.54, 1.807) is 6.08 Å². The Morgan fingerprint density at radius 3 is 2.52 bits per heavy atom. The first-order valence-corrected chi connectivity index (χ1v) is 12.1. The first-order valence-electron chi connectivity index (χ1n) is 9.94. The molecular formula is C25H22I2N2O2. The van der Waals surface area contributed by atoms with Gasteiger partial charge in [-0.1, -0.05) is 49.4 Å². The smallest absolute Gasteiger partial charge is 0.262 e. The third kappa shape index (κ3) is 5.98. The summed E-state index contributed by atoms with van der Waals surface area (Å²) in [6, 6.07) is 20.4. The molecule has 0 aromatic heterocycles. The van der Waals surface area contributed by atoms with Gasteiger partial charge in [0.1, 0.15) is 24.0 Å². The van der Waals surface area contributed by atoms with Crippen molar-refractivity contribution >= 4 is 67.9 Å². The highest BCUT2D eigenvalue weighted by Gasteiger charge is 2.14. The van der Waals surface area contributed by atoms with Crippen LogP contribution in [0, 0.1) is 18.5 Å². The molecule has 0 aliphatic rings. The van der Waals surface area contributed by atoms with Crippen LogP contribution in [0.1, 0.15) is 31.4 Å². The number of hydrogen-bond acceptors (Lipinski definition) is 3. The second-order valence-electron chi connectivity index (χ2n) is 7.19. The highest BCUT2D eigenvalue weighted by molar-refractivity contribution is 14.1. The predicted molar refractivity (Wildman–Crippen MR) is 142 cm³/mol. The van der Waals surface area contributed by atoms with Crippen LogP contribution < -0.4 is 10.1 Å². The summed E-state index contributed by atoms with van der Waals surface area (Å²) in [7, 11) is 0. The summed E-state index contributed by atoms with van der Waals surface area (Å²) in [4.78, 5) is 12.3. The minimum atomic E-state index is -0.349. The topological polar surface area (TPSA) is 62.1 Å². The van der Waals surface area contributed by atoms with Crippen molar-refractivity contribution in [2.24, 2.45) is 0 Å². The van der Waals surface area contributed by atoms with E-state index >= 15 is 0 Å². The SMILES string of the molecule is CC[C@@H](C)NC(=O)/C(C#N)=C/c1cc(I)c(OCc2cccc3ccccc23)c(I)c1. The van der Waals surface area contributed by atoms with E-state index in [0.29, 0.717) is 6.61 Å². The van der Waals surface area contributed by atoms with Crippen LogP contribution in [0.3, 0.4) is 0 Å². The summed E-state index contributed by atoms with van der Waals surface area (Å²) in [5.41, 5.74) is 2.01. The molecule has 0 unspecified atom stereocenters. The van der Waals surface area contributed by atoms with Gasteiger partial charge in [-0.2, -0.15) is 5.26 Å². The van der Waals surface area contributed by atoms with Crippen molar-refractivity contribution in [1.29, 1.82) is 5.26 Å². The average Bonchev–Trinajstić information content (AvgIpc) is 2.76. The number of nitrogens with one attached hydrogen (secondary N) is 1. The molecule has 3 aromatic rings. The number of nitriles is 1. The third-order valence-corrected chi connectivity index (χ3v) is 6.54. The molecular weight excluding hydrogens is 614 g/mol. The molecule has 0 radical (unpaired) electrons. The molecule has 158 valence electrons. The molecule has 0 bridgehead atoms. The minimum Gasteiger partial charge on any atom is -0.487 e. The molecule has 1 atom stereocenters. The molecule has 0 saturated heterocycles. The number of hydrogen-bond donors (Lipinski definition) is 1. The van der Waals surface area contributed by atoms with Crippen molar-refractivity contribution in [3.8, 4) is 11.8 Å². The number of rotatable bonds is 7. The Morgan fingerprint density at radius 1 is 1.16 bits per heavy atom. The summed E-state index contributed by atoms with van der Waals surface area (Å²) < 4.78 is 8.04. The summed E-state index contributed by atoms with van der Waals surface area (Å²) in [6.07, 6.45) is 2.43. The van der Waals surface area contributed by atoms with E-state index in [4.69, 9.17) is 4.74 Å². The number of fused-ring (bicyclic) bond motifs is 1. The van der Waals surface area contributed by atoms with Crippen LogP contribution in [0.4, 0.5) is 0 Å². The molecule has 6 heteroatoms. The van der Waals surface area contributed by atoms with Gasteiger partial charge < -0.3 is 10.1 Å². The molecule has 0 saturated carbocycles. The van der Waals surface area contributed by atoms with Crippen molar-refractivity contribution in [3.63, 3.8) is 0 Å². The van der Waals surface area contributed by atoms with E-state index in [2.05, 4.69) is 74.8 Å². The van der Waals surface area contributed by atoms with Crippen molar-refractivity contribution in [1.82, 2.24) is 5.32 Å². The predicted octanol–water partition coefficient (Wildman–Crippen LogP) is 6.45. The Balaban J connectivity index is 1.82. The maximum Gasteiger partial charge on any atom is 0.262 e. The Kier molecular flexibility index (Phi) is 8.32. The van der Waals surface area contributed by atoms with Crippen LogP contribution in [-0.4, -0.2) is 11.9 Å². The van der Waals surface area contributed by atoms with Crippen molar-refractivity contribution < 1.29 is 9.53 Å². The van der Waals surface area contributed by atoms with Gasteiger partial charge >= 0.3 is 0 Å². The van der Waals surface area contributed by atoms with Crippen molar-refractivity contribution in [3.05, 3.63) is 78.4 Å². The molecule has 3 aromatic carbocycles. The van der Waals surface area contributed by atoms with Gasteiger partial charge in [0.2, 0.25) is 0 Å². The van der Waals surface area contributed by atoms with Gasteiger partial charge in [-0.05, 0) is 98.6 Å². The van der Waals surface area contributed by atoms with Crippen molar-refractivity contribution in [2.45, 2.75) is 32.9 Å². The fourth-order valence-corrected chi connectivity index (χ4v) is 5.22. The van der Waals surface area contributed by atoms with Crippen molar-refractivity contribution in [2.75, 3.05) is 0 Å². The van der Waals surface area contributed by atoms with Crippen LogP contribution in [-0.2, 0) is 11.4 Å². The largest absolute Gasteiger partial charge is 0.487 e. The second-order valence-corrected chi connectivity index (χ2v) is 9.52. The number of carbonyl (C=O) groups is 1. The van der Waals surface area contributed by atoms with Gasteiger partial charge in [0.05, 0.1) is 7.14 Å². The number of ether oxygens (including phenoxy) is 1. The molecule has 0 spiro atoms. The summed E-state index contributed by atoms with van der Waals surface area (Å²) in [5, 5.41) is 14.6. The first kappa shape index (κ1) is 23.5. The quantitative estimate of drug-likeness (QED) is 0.184. The summed E-state index contributed by atoms with van der Waals surface area (Å²) in [5.74, 6) is 0.451.